The monoisotopic (exact) mass is 405 g/mol. The molecule has 0 aromatic carbocycles. The fourth-order valence-electron chi connectivity index (χ4n) is 3.79. The summed E-state index contributed by atoms with van der Waals surface area (Å²) in [7, 11) is -4.88. The highest BCUT2D eigenvalue weighted by molar-refractivity contribution is 7.80. The SMILES string of the molecule is CC1(C)C[C@@H](C(=O)NNC(=O)C2CCCN2)N2C[C@@H]1N(OS(=O)(=O)O)C2=O. The Morgan fingerprint density at radius 3 is 2.56 bits per heavy atom. The van der Waals surface area contributed by atoms with E-state index in [0.29, 0.717) is 11.5 Å². The molecule has 2 bridgehead atoms. The molecule has 3 heterocycles. The van der Waals surface area contributed by atoms with Crippen LogP contribution in [0, 0.1) is 5.41 Å². The molecule has 4 amide bonds. The van der Waals surface area contributed by atoms with Gasteiger partial charge in [-0.15, -0.1) is 4.28 Å². The van der Waals surface area contributed by atoms with E-state index in [-0.39, 0.29) is 24.9 Å². The van der Waals surface area contributed by atoms with Crippen LogP contribution in [0.3, 0.4) is 0 Å². The molecule has 0 radical (unpaired) electrons. The highest BCUT2D eigenvalue weighted by atomic mass is 32.3. The number of urea groups is 1. The second kappa shape index (κ2) is 6.89. The molecule has 27 heavy (non-hydrogen) atoms. The van der Waals surface area contributed by atoms with Crippen LogP contribution in [0.5, 0.6) is 0 Å². The lowest BCUT2D eigenvalue weighted by molar-refractivity contribution is -0.133. The van der Waals surface area contributed by atoms with Crippen LogP contribution in [-0.2, 0) is 24.3 Å². The third kappa shape index (κ3) is 4.00. The van der Waals surface area contributed by atoms with E-state index >= 15 is 0 Å². The molecule has 0 aliphatic carbocycles. The van der Waals surface area contributed by atoms with Gasteiger partial charge in [-0.1, -0.05) is 13.8 Å². The number of carbonyl (C=O) groups is 3. The number of hydrazine groups is 1. The van der Waals surface area contributed by atoms with Gasteiger partial charge in [0.2, 0.25) is 0 Å². The van der Waals surface area contributed by atoms with Gasteiger partial charge in [0.25, 0.3) is 11.8 Å². The largest absolute Gasteiger partial charge is 0.418 e. The van der Waals surface area contributed by atoms with Gasteiger partial charge in [-0.25, -0.2) is 4.79 Å². The molecule has 152 valence electrons. The van der Waals surface area contributed by atoms with Crippen LogP contribution < -0.4 is 16.2 Å². The molecule has 13 heteroatoms. The molecule has 4 N–H and O–H groups in total. The number of piperidine rings is 1. The number of carbonyl (C=O) groups excluding carboxylic acids is 3. The van der Waals surface area contributed by atoms with Gasteiger partial charge in [-0.2, -0.15) is 13.5 Å². The van der Waals surface area contributed by atoms with E-state index in [0.717, 1.165) is 17.9 Å². The summed E-state index contributed by atoms with van der Waals surface area (Å²) in [6.07, 6.45) is 1.76. The summed E-state index contributed by atoms with van der Waals surface area (Å²) < 4.78 is 35.4. The van der Waals surface area contributed by atoms with E-state index < -0.39 is 39.8 Å². The van der Waals surface area contributed by atoms with Crippen molar-refractivity contribution in [1.82, 2.24) is 26.1 Å². The van der Waals surface area contributed by atoms with E-state index in [1.54, 1.807) is 13.8 Å². The minimum absolute atomic E-state index is 0.0531. The predicted molar refractivity (Wildman–Crippen MR) is 89.9 cm³/mol. The fourth-order valence-corrected chi connectivity index (χ4v) is 4.16. The Kier molecular flexibility index (Phi) is 5.05. The topological polar surface area (TPSA) is 157 Å². The van der Waals surface area contributed by atoms with E-state index in [9.17, 15) is 22.8 Å². The first-order valence-corrected chi connectivity index (χ1v) is 9.96. The van der Waals surface area contributed by atoms with Crippen molar-refractivity contribution in [3.8, 4) is 0 Å². The van der Waals surface area contributed by atoms with Crippen molar-refractivity contribution in [3.05, 3.63) is 0 Å². The second-order valence-electron chi connectivity index (χ2n) is 7.61. The second-order valence-corrected chi connectivity index (χ2v) is 8.62. The summed E-state index contributed by atoms with van der Waals surface area (Å²) in [6.45, 7) is 4.30. The van der Waals surface area contributed by atoms with Crippen molar-refractivity contribution in [1.29, 1.82) is 0 Å². The lowest BCUT2D eigenvalue weighted by atomic mass is 9.76. The van der Waals surface area contributed by atoms with Crippen LogP contribution in [0.2, 0.25) is 0 Å². The highest BCUT2D eigenvalue weighted by Crippen LogP contribution is 2.42. The Balaban J connectivity index is 1.69. The normalized spacial score (nSPS) is 29.7. The zero-order valence-electron chi connectivity index (χ0n) is 15.0. The molecule has 3 aliphatic heterocycles. The highest BCUT2D eigenvalue weighted by Gasteiger charge is 2.56. The summed E-state index contributed by atoms with van der Waals surface area (Å²) >= 11 is 0. The van der Waals surface area contributed by atoms with Crippen molar-refractivity contribution in [2.75, 3.05) is 13.1 Å². The van der Waals surface area contributed by atoms with Gasteiger partial charge in [0.05, 0.1) is 12.1 Å². The van der Waals surface area contributed by atoms with Crippen molar-refractivity contribution in [3.63, 3.8) is 0 Å². The zero-order valence-corrected chi connectivity index (χ0v) is 15.8. The van der Waals surface area contributed by atoms with Crippen LogP contribution in [-0.4, -0.2) is 72.0 Å². The van der Waals surface area contributed by atoms with Gasteiger partial charge in [0.15, 0.2) is 0 Å². The Hall–Kier alpha value is -1.96. The van der Waals surface area contributed by atoms with Crippen molar-refractivity contribution < 1.29 is 31.6 Å². The van der Waals surface area contributed by atoms with Gasteiger partial charge in [0, 0.05) is 6.54 Å². The Bertz CT molecular complexity index is 749. The quantitative estimate of drug-likeness (QED) is 0.326. The van der Waals surface area contributed by atoms with Crippen LogP contribution in [0.25, 0.3) is 0 Å². The molecular formula is C14H23N5O7S. The number of nitrogens with zero attached hydrogens (tertiary/aromatic N) is 2. The van der Waals surface area contributed by atoms with Crippen LogP contribution in [0.1, 0.15) is 33.1 Å². The average Bonchev–Trinajstić information content (AvgIpc) is 3.18. The minimum atomic E-state index is -4.88. The number of hydroxylamine groups is 2. The molecule has 12 nitrogen and oxygen atoms in total. The molecule has 3 fully saturated rings. The number of nitrogens with one attached hydrogen (secondary N) is 3. The smallest absolute Gasteiger partial charge is 0.309 e. The zero-order chi connectivity index (χ0) is 20.0. The number of hydrogen-bond acceptors (Lipinski definition) is 7. The molecule has 1 unspecified atom stereocenters. The van der Waals surface area contributed by atoms with Gasteiger partial charge >= 0.3 is 16.4 Å². The molecule has 3 atom stereocenters. The Labute approximate surface area is 156 Å². The first kappa shape index (κ1) is 19.8. The maximum absolute atomic E-state index is 12.6. The van der Waals surface area contributed by atoms with E-state index in [1.165, 1.54) is 0 Å². The molecule has 0 saturated carbocycles. The van der Waals surface area contributed by atoms with E-state index in [4.69, 9.17) is 4.55 Å². The number of fused-ring (bicyclic) bond motifs is 2. The van der Waals surface area contributed by atoms with E-state index in [1.807, 2.05) is 0 Å². The van der Waals surface area contributed by atoms with Crippen LogP contribution >= 0.6 is 0 Å². The molecule has 3 saturated heterocycles. The third-order valence-corrected chi connectivity index (χ3v) is 5.60. The summed E-state index contributed by atoms with van der Waals surface area (Å²) in [4.78, 5) is 38.2. The number of rotatable bonds is 4. The average molecular weight is 405 g/mol. The first-order chi connectivity index (χ1) is 12.5. The molecule has 3 aliphatic rings. The number of hydrogen-bond donors (Lipinski definition) is 4. The molecule has 0 aromatic heterocycles. The van der Waals surface area contributed by atoms with Gasteiger partial charge in [-0.05, 0) is 31.2 Å². The van der Waals surface area contributed by atoms with Crippen molar-refractivity contribution >= 4 is 28.2 Å². The minimum Gasteiger partial charge on any atom is -0.309 e. The molecular weight excluding hydrogens is 382 g/mol. The van der Waals surface area contributed by atoms with E-state index in [2.05, 4.69) is 20.5 Å². The standard InChI is InChI=1S/C14H23N5O7S/c1-14(2)6-9(12(21)17-16-11(20)8-4-3-5-15-8)18-7-10(14)19(13(18)22)26-27(23,24)25/h8-10,15H,3-7H2,1-2H3,(H,16,20)(H,17,21)(H,23,24,25)/t8?,9-,10-/m0/s1. The number of amides is 4. The van der Waals surface area contributed by atoms with Gasteiger partial charge in [0.1, 0.15) is 6.04 Å². The summed E-state index contributed by atoms with van der Waals surface area (Å²) in [5.74, 6) is -0.951. The third-order valence-electron chi connectivity index (χ3n) is 5.25. The van der Waals surface area contributed by atoms with Gasteiger partial charge < -0.3 is 10.2 Å². The first-order valence-electron chi connectivity index (χ1n) is 8.59. The maximum Gasteiger partial charge on any atom is 0.418 e. The lowest BCUT2D eigenvalue weighted by Crippen LogP contribution is -2.58. The molecule has 0 aromatic rings. The summed E-state index contributed by atoms with van der Waals surface area (Å²) in [5, 5.41) is 3.59. The van der Waals surface area contributed by atoms with Gasteiger partial charge in [-0.3, -0.25) is 25.0 Å². The predicted octanol–water partition coefficient (Wildman–Crippen LogP) is -1.48. The van der Waals surface area contributed by atoms with Crippen LogP contribution in [0.4, 0.5) is 4.79 Å². The maximum atomic E-state index is 12.6. The summed E-state index contributed by atoms with van der Waals surface area (Å²) in [6, 6.07) is -2.79. The fraction of sp³-hybridized carbons (Fsp3) is 0.786. The van der Waals surface area contributed by atoms with Crippen molar-refractivity contribution in [2.45, 2.75) is 51.2 Å². The Morgan fingerprint density at radius 2 is 1.96 bits per heavy atom. The molecule has 3 rings (SSSR count). The summed E-state index contributed by atoms with van der Waals surface area (Å²) in [5.41, 5.74) is 4.01. The molecule has 0 spiro atoms. The Morgan fingerprint density at radius 1 is 1.30 bits per heavy atom. The van der Waals surface area contributed by atoms with Crippen LogP contribution in [0.15, 0.2) is 0 Å². The van der Waals surface area contributed by atoms with Crippen molar-refractivity contribution in [2.24, 2.45) is 5.41 Å². The lowest BCUT2D eigenvalue weighted by Gasteiger charge is -2.40.